The van der Waals surface area contributed by atoms with Crippen molar-refractivity contribution in [3.05, 3.63) is 52.6 Å². The van der Waals surface area contributed by atoms with Gasteiger partial charge in [-0.15, -0.1) is 0 Å². The number of rotatable bonds is 8. The van der Waals surface area contributed by atoms with Gasteiger partial charge in [-0.25, -0.2) is 9.59 Å². The Balaban J connectivity index is 2.34. The summed E-state index contributed by atoms with van der Waals surface area (Å²) in [6.07, 6.45) is 3.29. The largest absolute Gasteiger partial charge is 0.461 e. The summed E-state index contributed by atoms with van der Waals surface area (Å²) in [7, 11) is 1.73. The van der Waals surface area contributed by atoms with Crippen LogP contribution in [0.1, 0.15) is 58.4 Å². The molecular weight excluding hydrogens is 384 g/mol. The van der Waals surface area contributed by atoms with Gasteiger partial charge in [0.1, 0.15) is 5.69 Å². The second-order valence-corrected chi connectivity index (χ2v) is 7.45. The Bertz CT molecular complexity index is 919. The summed E-state index contributed by atoms with van der Waals surface area (Å²) in [4.78, 5) is 43.7. The first-order chi connectivity index (χ1) is 14.2. The molecule has 2 aromatic rings. The number of aromatic nitrogens is 2. The van der Waals surface area contributed by atoms with Crippen LogP contribution in [-0.2, 0) is 18.3 Å². The highest BCUT2D eigenvalue weighted by Crippen LogP contribution is 2.23. The molecule has 0 bridgehead atoms. The summed E-state index contributed by atoms with van der Waals surface area (Å²) < 4.78 is 6.80. The van der Waals surface area contributed by atoms with Gasteiger partial charge in [0.15, 0.2) is 5.78 Å². The van der Waals surface area contributed by atoms with E-state index in [9.17, 15) is 14.4 Å². The molecule has 30 heavy (non-hydrogen) atoms. The van der Waals surface area contributed by atoms with Crippen LogP contribution in [0.4, 0.5) is 4.79 Å². The number of pyridine rings is 1. The van der Waals surface area contributed by atoms with Crippen LogP contribution in [0.5, 0.6) is 0 Å². The van der Waals surface area contributed by atoms with Crippen molar-refractivity contribution in [1.29, 1.82) is 0 Å². The number of hydrogen-bond donors (Lipinski definition) is 1. The maximum Gasteiger partial charge on any atom is 0.355 e. The third-order valence-electron chi connectivity index (χ3n) is 4.83. The lowest BCUT2D eigenvalue weighted by molar-refractivity contribution is 0.0514. The number of esters is 1. The molecule has 2 amide bonds. The molecule has 162 valence electrons. The first kappa shape index (κ1) is 23.1. The Hall–Kier alpha value is -3.16. The first-order valence-electron chi connectivity index (χ1n) is 9.97. The van der Waals surface area contributed by atoms with Crippen LogP contribution in [0.2, 0.25) is 0 Å². The fourth-order valence-electron chi connectivity index (χ4n) is 3.38. The Morgan fingerprint density at radius 1 is 1.20 bits per heavy atom. The maximum atomic E-state index is 13.2. The summed E-state index contributed by atoms with van der Waals surface area (Å²) in [6.45, 7) is 9.37. The molecule has 0 spiro atoms. The molecule has 1 N–H and O–H groups in total. The Kier molecular flexibility index (Phi) is 7.74. The number of urea groups is 1. The summed E-state index contributed by atoms with van der Waals surface area (Å²) in [6, 6.07) is 3.21. The van der Waals surface area contributed by atoms with Crippen LogP contribution in [-0.4, -0.2) is 51.4 Å². The van der Waals surface area contributed by atoms with Gasteiger partial charge in [0.05, 0.1) is 13.2 Å². The van der Waals surface area contributed by atoms with E-state index < -0.39 is 5.97 Å². The van der Waals surface area contributed by atoms with E-state index in [1.165, 1.54) is 4.90 Å². The molecule has 0 aliphatic carbocycles. The molecule has 2 aromatic heterocycles. The summed E-state index contributed by atoms with van der Waals surface area (Å²) in [5.41, 5.74) is 2.88. The number of carbonyl (C=O) groups is 3. The number of ether oxygens (including phenoxy) is 1. The standard InChI is InChI=1S/C22H30N4O4/c1-7-30-21(28)20-15(4)19(16(5)25(20)6)18(27)13-26(22(29)24-14(2)3)12-17-8-10-23-11-9-17/h8-11,14H,7,12-13H2,1-6H3,(H,24,29). The molecule has 8 nitrogen and oxygen atoms in total. The molecule has 8 heteroatoms. The minimum Gasteiger partial charge on any atom is -0.461 e. The van der Waals surface area contributed by atoms with Crippen molar-refractivity contribution in [3.8, 4) is 0 Å². The van der Waals surface area contributed by atoms with Crippen molar-refractivity contribution in [2.24, 2.45) is 7.05 Å². The van der Waals surface area contributed by atoms with E-state index in [0.29, 0.717) is 22.5 Å². The molecule has 2 heterocycles. The van der Waals surface area contributed by atoms with Crippen molar-refractivity contribution < 1.29 is 19.1 Å². The topological polar surface area (TPSA) is 93.5 Å². The number of nitrogens with zero attached hydrogens (tertiary/aromatic N) is 3. The minimum atomic E-state index is -0.467. The Morgan fingerprint density at radius 3 is 2.40 bits per heavy atom. The van der Waals surface area contributed by atoms with Crippen molar-refractivity contribution in [2.45, 2.75) is 47.2 Å². The lowest BCUT2D eigenvalue weighted by Crippen LogP contribution is -2.44. The highest BCUT2D eigenvalue weighted by atomic mass is 16.5. The van der Waals surface area contributed by atoms with Gasteiger partial charge in [-0.2, -0.15) is 0 Å². The van der Waals surface area contributed by atoms with Crippen LogP contribution in [0.3, 0.4) is 0 Å². The zero-order valence-corrected chi connectivity index (χ0v) is 18.5. The second-order valence-electron chi connectivity index (χ2n) is 7.45. The fraction of sp³-hybridized carbons (Fsp3) is 0.455. The Labute approximate surface area is 177 Å². The number of ketones is 1. The molecule has 0 fully saturated rings. The average molecular weight is 415 g/mol. The predicted molar refractivity (Wildman–Crippen MR) is 113 cm³/mol. The molecule has 0 saturated carbocycles. The van der Waals surface area contributed by atoms with E-state index in [1.54, 1.807) is 56.9 Å². The van der Waals surface area contributed by atoms with Gasteiger partial charge >= 0.3 is 12.0 Å². The normalized spacial score (nSPS) is 10.8. The van der Waals surface area contributed by atoms with E-state index in [0.717, 1.165) is 5.56 Å². The SMILES string of the molecule is CCOC(=O)c1c(C)c(C(=O)CN(Cc2ccncc2)C(=O)NC(C)C)c(C)n1C. The Morgan fingerprint density at radius 2 is 1.83 bits per heavy atom. The van der Waals surface area contributed by atoms with Gasteiger partial charge in [0.2, 0.25) is 0 Å². The van der Waals surface area contributed by atoms with E-state index in [1.807, 2.05) is 13.8 Å². The lowest BCUT2D eigenvalue weighted by atomic mass is 10.0. The number of amides is 2. The first-order valence-corrected chi connectivity index (χ1v) is 9.97. The van der Waals surface area contributed by atoms with Gasteiger partial charge in [-0.3, -0.25) is 9.78 Å². The zero-order chi connectivity index (χ0) is 22.4. The zero-order valence-electron chi connectivity index (χ0n) is 18.5. The number of carbonyl (C=O) groups excluding carboxylic acids is 3. The van der Waals surface area contributed by atoms with Gasteiger partial charge in [0, 0.05) is 43.3 Å². The summed E-state index contributed by atoms with van der Waals surface area (Å²) in [5, 5.41) is 2.84. The maximum absolute atomic E-state index is 13.2. The van der Waals surface area contributed by atoms with E-state index in [2.05, 4.69) is 10.3 Å². The third kappa shape index (κ3) is 5.25. The molecule has 2 rings (SSSR count). The van der Waals surface area contributed by atoms with Gasteiger partial charge in [0.25, 0.3) is 0 Å². The molecule has 0 unspecified atom stereocenters. The lowest BCUT2D eigenvalue weighted by Gasteiger charge is -2.24. The average Bonchev–Trinajstić information content (AvgIpc) is 2.90. The fourth-order valence-corrected chi connectivity index (χ4v) is 3.38. The monoisotopic (exact) mass is 414 g/mol. The minimum absolute atomic E-state index is 0.0665. The molecule has 0 aliphatic rings. The number of Topliss-reactive ketones (excluding diaryl/α,β-unsaturated/α-hetero) is 1. The number of nitrogens with one attached hydrogen (secondary N) is 1. The molecule has 0 aromatic carbocycles. The molecule has 0 radical (unpaired) electrons. The molecular formula is C22H30N4O4. The second kappa shape index (κ2) is 10.0. The third-order valence-corrected chi connectivity index (χ3v) is 4.83. The smallest absolute Gasteiger partial charge is 0.355 e. The van der Waals surface area contributed by atoms with Crippen molar-refractivity contribution in [3.63, 3.8) is 0 Å². The highest BCUT2D eigenvalue weighted by molar-refractivity contribution is 6.04. The van der Waals surface area contributed by atoms with E-state index in [4.69, 9.17) is 4.74 Å². The number of hydrogen-bond acceptors (Lipinski definition) is 5. The molecule has 0 aliphatic heterocycles. The quantitative estimate of drug-likeness (QED) is 0.529. The van der Waals surface area contributed by atoms with Gasteiger partial charge in [-0.1, -0.05) is 0 Å². The molecule has 0 atom stereocenters. The van der Waals surface area contributed by atoms with Crippen LogP contribution < -0.4 is 5.32 Å². The van der Waals surface area contributed by atoms with Crippen molar-refractivity contribution in [2.75, 3.05) is 13.2 Å². The van der Waals surface area contributed by atoms with Crippen molar-refractivity contribution in [1.82, 2.24) is 19.8 Å². The summed E-state index contributed by atoms with van der Waals surface area (Å²) >= 11 is 0. The van der Waals surface area contributed by atoms with Gasteiger partial charge in [-0.05, 0) is 57.9 Å². The van der Waals surface area contributed by atoms with E-state index >= 15 is 0 Å². The van der Waals surface area contributed by atoms with E-state index in [-0.39, 0.29) is 37.6 Å². The van der Waals surface area contributed by atoms with Gasteiger partial charge < -0.3 is 19.5 Å². The molecule has 0 saturated heterocycles. The predicted octanol–water partition coefficient (Wildman–Crippen LogP) is 3.02. The summed E-state index contributed by atoms with van der Waals surface area (Å²) in [5.74, 6) is -0.699. The van der Waals surface area contributed by atoms with Crippen LogP contribution in [0.15, 0.2) is 24.5 Å². The van der Waals surface area contributed by atoms with Crippen LogP contribution in [0, 0.1) is 13.8 Å². The highest BCUT2D eigenvalue weighted by Gasteiger charge is 2.28. The van der Waals surface area contributed by atoms with Crippen molar-refractivity contribution >= 4 is 17.8 Å². The van der Waals surface area contributed by atoms with Crippen LogP contribution >= 0.6 is 0 Å². The van der Waals surface area contributed by atoms with Crippen LogP contribution in [0.25, 0.3) is 0 Å².